The quantitative estimate of drug-likeness (QED) is 0.160. The molecule has 3 heteroatoms. The third kappa shape index (κ3) is 5.38. The van der Waals surface area contributed by atoms with Crippen molar-refractivity contribution in [2.45, 2.75) is 19.3 Å². The van der Waals surface area contributed by atoms with E-state index in [2.05, 4.69) is 183 Å². The highest BCUT2D eigenvalue weighted by Crippen LogP contribution is 2.51. The minimum atomic E-state index is -0.102. The van der Waals surface area contributed by atoms with E-state index in [1.165, 1.54) is 33.4 Å². The van der Waals surface area contributed by atoms with Crippen molar-refractivity contribution in [3.8, 4) is 44.8 Å². The smallest absolute Gasteiger partial charge is 0.227 e. The Bertz CT molecular complexity index is 3120. The second-order valence-corrected chi connectivity index (χ2v) is 15.6. The minimum absolute atomic E-state index is 0.102. The van der Waals surface area contributed by atoms with Gasteiger partial charge >= 0.3 is 0 Å². The Kier molecular flexibility index (Phi) is 7.52. The Morgan fingerprint density at radius 3 is 1.67 bits per heavy atom. The molecule has 11 rings (SSSR count). The first-order chi connectivity index (χ1) is 28.0. The molecule has 0 fully saturated rings. The van der Waals surface area contributed by atoms with Gasteiger partial charge in [0.2, 0.25) is 5.89 Å². The Morgan fingerprint density at radius 2 is 0.947 bits per heavy atom. The van der Waals surface area contributed by atoms with Crippen molar-refractivity contribution in [3.63, 3.8) is 0 Å². The van der Waals surface area contributed by atoms with E-state index in [0.29, 0.717) is 5.89 Å². The fourth-order valence-corrected chi connectivity index (χ4v) is 8.97. The number of aromatic nitrogens is 1. The topological polar surface area (TPSA) is 29.3 Å². The lowest BCUT2D eigenvalue weighted by atomic mass is 9.82. The lowest BCUT2D eigenvalue weighted by Gasteiger charge is -2.28. The fourth-order valence-electron chi connectivity index (χ4n) is 8.97. The van der Waals surface area contributed by atoms with E-state index in [0.717, 1.165) is 66.4 Å². The van der Waals surface area contributed by atoms with Crippen LogP contribution in [-0.2, 0) is 5.41 Å². The van der Waals surface area contributed by atoms with Gasteiger partial charge in [-0.1, -0.05) is 153 Å². The van der Waals surface area contributed by atoms with Crippen LogP contribution < -0.4 is 4.90 Å². The van der Waals surface area contributed by atoms with Gasteiger partial charge in [0.25, 0.3) is 0 Å². The second kappa shape index (κ2) is 12.9. The van der Waals surface area contributed by atoms with Crippen molar-refractivity contribution in [3.05, 3.63) is 205 Å². The molecule has 1 aromatic heterocycles. The maximum atomic E-state index is 6.46. The fraction of sp³-hybridized carbons (Fsp3) is 0.0556. The van der Waals surface area contributed by atoms with Crippen LogP contribution in [-0.4, -0.2) is 4.98 Å². The molecule has 270 valence electrons. The van der Waals surface area contributed by atoms with E-state index in [1.54, 1.807) is 0 Å². The summed E-state index contributed by atoms with van der Waals surface area (Å²) >= 11 is 0. The Hall–Kier alpha value is -7.23. The maximum absolute atomic E-state index is 6.46. The summed E-state index contributed by atoms with van der Waals surface area (Å²) in [4.78, 5) is 7.43. The summed E-state index contributed by atoms with van der Waals surface area (Å²) in [6, 6.07) is 69.7. The van der Waals surface area contributed by atoms with Crippen molar-refractivity contribution in [1.82, 2.24) is 4.98 Å². The second-order valence-electron chi connectivity index (χ2n) is 15.6. The highest BCUT2D eigenvalue weighted by Gasteiger charge is 2.35. The molecule has 0 atom stereocenters. The Labute approximate surface area is 332 Å². The molecule has 0 saturated carbocycles. The zero-order valence-corrected chi connectivity index (χ0v) is 31.8. The zero-order valence-electron chi connectivity index (χ0n) is 31.8. The lowest BCUT2D eigenvalue weighted by molar-refractivity contribution is 0.623. The summed E-state index contributed by atoms with van der Waals surface area (Å²) in [6.07, 6.45) is 0. The molecule has 0 spiro atoms. The van der Waals surface area contributed by atoms with Crippen LogP contribution in [0.5, 0.6) is 0 Å². The van der Waals surface area contributed by atoms with Gasteiger partial charge in [-0.15, -0.1) is 0 Å². The molecule has 0 radical (unpaired) electrons. The van der Waals surface area contributed by atoms with Gasteiger partial charge in [-0.25, -0.2) is 4.98 Å². The number of nitrogens with zero attached hydrogens (tertiary/aromatic N) is 2. The molecule has 0 bridgehead atoms. The molecule has 1 aliphatic rings. The van der Waals surface area contributed by atoms with Crippen LogP contribution in [0.2, 0.25) is 0 Å². The van der Waals surface area contributed by atoms with E-state index in [1.807, 2.05) is 30.3 Å². The van der Waals surface area contributed by atoms with Gasteiger partial charge in [-0.05, 0) is 110 Å². The monoisotopic (exact) mass is 730 g/mol. The van der Waals surface area contributed by atoms with E-state index in [4.69, 9.17) is 9.40 Å². The van der Waals surface area contributed by atoms with Gasteiger partial charge in [0.1, 0.15) is 5.52 Å². The molecule has 57 heavy (non-hydrogen) atoms. The molecule has 0 N–H and O–H groups in total. The molecule has 0 saturated heterocycles. The van der Waals surface area contributed by atoms with Crippen molar-refractivity contribution in [2.75, 3.05) is 4.90 Å². The lowest BCUT2D eigenvalue weighted by Crippen LogP contribution is -2.16. The van der Waals surface area contributed by atoms with Crippen LogP contribution in [0.25, 0.3) is 77.5 Å². The number of fused-ring (bicyclic) bond motifs is 9. The molecule has 9 aromatic carbocycles. The zero-order chi connectivity index (χ0) is 38.1. The molecule has 10 aromatic rings. The third-order valence-electron chi connectivity index (χ3n) is 11.9. The first-order valence-electron chi connectivity index (χ1n) is 19.6. The highest BCUT2D eigenvalue weighted by molar-refractivity contribution is 6.23. The van der Waals surface area contributed by atoms with Crippen LogP contribution in [0.3, 0.4) is 0 Å². The van der Waals surface area contributed by atoms with Crippen LogP contribution >= 0.6 is 0 Å². The van der Waals surface area contributed by atoms with Crippen LogP contribution in [0, 0.1) is 0 Å². The average molecular weight is 731 g/mol. The predicted molar refractivity (Wildman–Crippen MR) is 238 cm³/mol. The Balaban J connectivity index is 1.01. The van der Waals surface area contributed by atoms with Gasteiger partial charge in [0.05, 0.1) is 0 Å². The summed E-state index contributed by atoms with van der Waals surface area (Å²) in [6.45, 7) is 4.69. The summed E-state index contributed by atoms with van der Waals surface area (Å²) in [5.41, 5.74) is 16.0. The number of rotatable bonds is 6. The summed E-state index contributed by atoms with van der Waals surface area (Å²) < 4.78 is 6.46. The predicted octanol–water partition coefficient (Wildman–Crippen LogP) is 14.9. The molecule has 1 aliphatic carbocycles. The largest absolute Gasteiger partial charge is 0.435 e. The maximum Gasteiger partial charge on any atom is 0.227 e. The number of benzene rings is 9. The average Bonchev–Trinajstić information content (AvgIpc) is 3.82. The van der Waals surface area contributed by atoms with Crippen LogP contribution in [0.1, 0.15) is 25.0 Å². The third-order valence-corrected chi connectivity index (χ3v) is 11.9. The summed E-state index contributed by atoms with van der Waals surface area (Å²) in [7, 11) is 0. The molecule has 0 amide bonds. The van der Waals surface area contributed by atoms with E-state index in [-0.39, 0.29) is 5.41 Å². The van der Waals surface area contributed by atoms with Crippen molar-refractivity contribution in [1.29, 1.82) is 0 Å². The molecule has 1 heterocycles. The SMILES string of the molecule is CC1(C)c2ccccc2-c2ccc(N(c3ccc(-c4ccccc4)cc3)c3ccc(-c4ccc5c(c4)c4ccccc4c4oc(-c6ccccc6)nc54)cc3)cc21. The number of oxazole rings is 1. The van der Waals surface area contributed by atoms with E-state index < -0.39 is 0 Å². The van der Waals surface area contributed by atoms with Gasteiger partial charge in [0, 0.05) is 38.8 Å². The first-order valence-corrected chi connectivity index (χ1v) is 19.6. The van der Waals surface area contributed by atoms with Crippen molar-refractivity contribution >= 4 is 49.7 Å². The van der Waals surface area contributed by atoms with Crippen LogP contribution in [0.15, 0.2) is 199 Å². The highest BCUT2D eigenvalue weighted by atomic mass is 16.3. The molecule has 0 unspecified atom stereocenters. The van der Waals surface area contributed by atoms with Gasteiger partial charge < -0.3 is 9.32 Å². The molecular formula is C54H38N2O. The number of hydrogen-bond donors (Lipinski definition) is 0. The van der Waals surface area contributed by atoms with Gasteiger partial charge in [-0.2, -0.15) is 0 Å². The van der Waals surface area contributed by atoms with Gasteiger partial charge in [0.15, 0.2) is 5.58 Å². The normalized spacial score (nSPS) is 12.9. The standard InChI is InChI=1S/C54H38N2O/c1-54(2)49-20-12-11-18-44(49)45-32-30-42(34-50(45)54)56(40-26-21-36(22-27-40)35-13-5-3-6-14-35)41-28-23-37(24-29-41)39-25-31-46-48(33-39)43-17-9-10-19-47(43)52-51(46)55-53(57-52)38-15-7-4-8-16-38/h3-34H,1-2H3. The van der Waals surface area contributed by atoms with E-state index >= 15 is 0 Å². The minimum Gasteiger partial charge on any atom is -0.435 e. The summed E-state index contributed by atoms with van der Waals surface area (Å²) in [5.74, 6) is 0.638. The Morgan fingerprint density at radius 1 is 0.404 bits per heavy atom. The molecular weight excluding hydrogens is 693 g/mol. The number of anilines is 3. The molecule has 0 aliphatic heterocycles. The summed E-state index contributed by atoms with van der Waals surface area (Å²) in [5, 5.41) is 4.47. The van der Waals surface area contributed by atoms with Crippen molar-refractivity contribution < 1.29 is 4.42 Å². The van der Waals surface area contributed by atoms with E-state index in [9.17, 15) is 0 Å². The van der Waals surface area contributed by atoms with Crippen molar-refractivity contribution in [2.24, 2.45) is 0 Å². The molecule has 3 nitrogen and oxygen atoms in total. The first kappa shape index (κ1) is 33.1. The van der Waals surface area contributed by atoms with Gasteiger partial charge in [-0.3, -0.25) is 0 Å². The van der Waals surface area contributed by atoms with Crippen LogP contribution in [0.4, 0.5) is 17.1 Å². The number of hydrogen-bond acceptors (Lipinski definition) is 3.